The van der Waals surface area contributed by atoms with Gasteiger partial charge in [-0.3, -0.25) is 4.98 Å². The number of rotatable bonds is 4. The van der Waals surface area contributed by atoms with E-state index in [2.05, 4.69) is 34.6 Å². The minimum Gasteiger partial charge on any atom is -0.373 e. The fraction of sp³-hybridized carbons (Fsp3) is 0.400. The number of ether oxygens (including phenoxy) is 1. The summed E-state index contributed by atoms with van der Waals surface area (Å²) in [5, 5.41) is 3.61. The van der Waals surface area contributed by atoms with Gasteiger partial charge < -0.3 is 10.1 Å². The van der Waals surface area contributed by atoms with Crippen molar-refractivity contribution in [2.45, 2.75) is 31.5 Å². The van der Waals surface area contributed by atoms with E-state index in [1.807, 2.05) is 17.8 Å². The molecule has 19 heavy (non-hydrogen) atoms. The Hall–Kier alpha value is -1.23. The van der Waals surface area contributed by atoms with Crippen molar-refractivity contribution in [1.82, 2.24) is 10.3 Å². The van der Waals surface area contributed by atoms with E-state index < -0.39 is 0 Å². The first-order valence-electron chi connectivity index (χ1n) is 6.69. The van der Waals surface area contributed by atoms with Crippen LogP contribution in [-0.4, -0.2) is 17.6 Å². The Labute approximate surface area is 117 Å². The van der Waals surface area contributed by atoms with Crippen molar-refractivity contribution in [3.63, 3.8) is 0 Å². The summed E-state index contributed by atoms with van der Waals surface area (Å²) in [5.41, 5.74) is 3.17. The van der Waals surface area contributed by atoms with Crippen molar-refractivity contribution >= 4 is 11.3 Å². The number of nitrogens with zero attached hydrogens (tertiary/aromatic N) is 1. The number of aromatic nitrogens is 1. The van der Waals surface area contributed by atoms with Crippen LogP contribution in [-0.2, 0) is 11.3 Å². The van der Waals surface area contributed by atoms with Gasteiger partial charge in [-0.1, -0.05) is 30.3 Å². The molecule has 1 aliphatic rings. The average Bonchev–Trinajstić information content (AvgIpc) is 3.00. The summed E-state index contributed by atoms with van der Waals surface area (Å²) in [6.07, 6.45) is 4.30. The molecule has 0 bridgehead atoms. The molecule has 1 aliphatic heterocycles. The summed E-state index contributed by atoms with van der Waals surface area (Å²) < 4.78 is 5.88. The van der Waals surface area contributed by atoms with Crippen LogP contribution in [0.2, 0.25) is 0 Å². The summed E-state index contributed by atoms with van der Waals surface area (Å²) in [4.78, 5) is 5.40. The fourth-order valence-corrected chi connectivity index (χ4v) is 3.00. The molecule has 0 amide bonds. The molecule has 2 unspecified atom stereocenters. The van der Waals surface area contributed by atoms with Gasteiger partial charge in [-0.15, -0.1) is 11.3 Å². The van der Waals surface area contributed by atoms with Crippen LogP contribution in [0.3, 0.4) is 0 Å². The highest BCUT2D eigenvalue weighted by atomic mass is 32.1. The van der Waals surface area contributed by atoms with Crippen molar-refractivity contribution in [1.29, 1.82) is 0 Å². The molecule has 1 N–H and O–H groups in total. The second kappa shape index (κ2) is 6.28. The van der Waals surface area contributed by atoms with E-state index in [9.17, 15) is 0 Å². The average molecular weight is 274 g/mol. The zero-order valence-electron chi connectivity index (χ0n) is 10.8. The van der Waals surface area contributed by atoms with Crippen LogP contribution in [0.5, 0.6) is 0 Å². The first kappa shape index (κ1) is 12.8. The first-order valence-corrected chi connectivity index (χ1v) is 7.57. The third kappa shape index (κ3) is 3.41. The third-order valence-corrected chi connectivity index (χ3v) is 4.28. The van der Waals surface area contributed by atoms with Gasteiger partial charge in [0.25, 0.3) is 0 Å². The molecule has 3 rings (SSSR count). The SMILES string of the molecule is c1ccc(C2CC(NCc3cncs3)CCO2)cc1. The summed E-state index contributed by atoms with van der Waals surface area (Å²) in [6, 6.07) is 11.0. The molecular weight excluding hydrogens is 256 g/mol. The normalized spacial score (nSPS) is 23.4. The first-order chi connectivity index (χ1) is 9.42. The Morgan fingerprint density at radius 3 is 3.00 bits per heavy atom. The van der Waals surface area contributed by atoms with Gasteiger partial charge in [0.15, 0.2) is 0 Å². The van der Waals surface area contributed by atoms with Gasteiger partial charge in [0.05, 0.1) is 11.6 Å². The zero-order chi connectivity index (χ0) is 12.9. The zero-order valence-corrected chi connectivity index (χ0v) is 11.6. The Bertz CT molecular complexity index is 486. The lowest BCUT2D eigenvalue weighted by Gasteiger charge is -2.30. The van der Waals surface area contributed by atoms with E-state index in [0.29, 0.717) is 6.04 Å². The van der Waals surface area contributed by atoms with E-state index in [-0.39, 0.29) is 6.10 Å². The molecule has 100 valence electrons. The predicted molar refractivity (Wildman–Crippen MR) is 77.1 cm³/mol. The van der Waals surface area contributed by atoms with Gasteiger partial charge in [-0.05, 0) is 18.4 Å². The molecule has 2 heterocycles. The molecule has 0 saturated carbocycles. The van der Waals surface area contributed by atoms with Crippen molar-refractivity contribution in [3.8, 4) is 0 Å². The third-order valence-electron chi connectivity index (χ3n) is 3.50. The highest BCUT2D eigenvalue weighted by Crippen LogP contribution is 2.28. The van der Waals surface area contributed by atoms with Gasteiger partial charge >= 0.3 is 0 Å². The Balaban J connectivity index is 1.56. The van der Waals surface area contributed by atoms with Crippen LogP contribution >= 0.6 is 11.3 Å². The number of hydrogen-bond acceptors (Lipinski definition) is 4. The molecule has 2 atom stereocenters. The maximum atomic E-state index is 5.88. The molecule has 1 fully saturated rings. The monoisotopic (exact) mass is 274 g/mol. The van der Waals surface area contributed by atoms with Gasteiger partial charge in [0.1, 0.15) is 0 Å². The Morgan fingerprint density at radius 1 is 1.32 bits per heavy atom. The van der Waals surface area contributed by atoms with Crippen LogP contribution in [0.15, 0.2) is 42.0 Å². The van der Waals surface area contributed by atoms with Crippen molar-refractivity contribution in [2.75, 3.05) is 6.61 Å². The van der Waals surface area contributed by atoms with Crippen LogP contribution < -0.4 is 5.32 Å². The van der Waals surface area contributed by atoms with Crippen LogP contribution in [0.1, 0.15) is 29.4 Å². The lowest BCUT2D eigenvalue weighted by Crippen LogP contribution is -2.35. The Morgan fingerprint density at radius 2 is 2.21 bits per heavy atom. The van der Waals surface area contributed by atoms with E-state index in [4.69, 9.17) is 4.74 Å². The smallest absolute Gasteiger partial charge is 0.0839 e. The number of thiazole rings is 1. The molecule has 4 heteroatoms. The molecule has 0 aliphatic carbocycles. The molecular formula is C15H18N2OS. The molecule has 2 aromatic rings. The van der Waals surface area contributed by atoms with Crippen molar-refractivity contribution in [2.24, 2.45) is 0 Å². The maximum absolute atomic E-state index is 5.88. The molecule has 3 nitrogen and oxygen atoms in total. The Kier molecular flexibility index (Phi) is 4.23. The van der Waals surface area contributed by atoms with Gasteiger partial charge in [-0.25, -0.2) is 0 Å². The minimum absolute atomic E-state index is 0.230. The second-order valence-corrected chi connectivity index (χ2v) is 5.81. The topological polar surface area (TPSA) is 34.2 Å². The number of nitrogens with one attached hydrogen (secondary N) is 1. The predicted octanol–water partition coefficient (Wildman–Crippen LogP) is 3.15. The van der Waals surface area contributed by atoms with Gasteiger partial charge in [-0.2, -0.15) is 0 Å². The maximum Gasteiger partial charge on any atom is 0.0839 e. The van der Waals surface area contributed by atoms with E-state index in [1.165, 1.54) is 10.4 Å². The van der Waals surface area contributed by atoms with E-state index in [0.717, 1.165) is 26.0 Å². The molecule has 1 aromatic carbocycles. The van der Waals surface area contributed by atoms with Crippen molar-refractivity contribution < 1.29 is 4.74 Å². The number of hydrogen-bond donors (Lipinski definition) is 1. The minimum atomic E-state index is 0.230. The lowest BCUT2D eigenvalue weighted by molar-refractivity contribution is 0.000000559. The fourth-order valence-electron chi connectivity index (χ4n) is 2.46. The standard InChI is InChI=1S/C15H18N2OS/c1-2-4-12(5-3-1)15-8-13(6-7-18-15)17-10-14-9-16-11-19-14/h1-5,9,11,13,15,17H,6-8,10H2. The van der Waals surface area contributed by atoms with Crippen LogP contribution in [0.25, 0.3) is 0 Å². The highest BCUT2D eigenvalue weighted by molar-refractivity contribution is 7.09. The molecule has 1 aromatic heterocycles. The molecule has 1 saturated heterocycles. The summed E-state index contributed by atoms with van der Waals surface area (Å²) in [5.74, 6) is 0. The lowest BCUT2D eigenvalue weighted by atomic mass is 9.97. The van der Waals surface area contributed by atoms with Crippen LogP contribution in [0.4, 0.5) is 0 Å². The number of benzene rings is 1. The quantitative estimate of drug-likeness (QED) is 0.930. The van der Waals surface area contributed by atoms with Crippen LogP contribution in [0, 0.1) is 0 Å². The molecule has 0 radical (unpaired) electrons. The second-order valence-electron chi connectivity index (χ2n) is 4.84. The van der Waals surface area contributed by atoms with Crippen molar-refractivity contribution in [3.05, 3.63) is 52.5 Å². The van der Waals surface area contributed by atoms with Gasteiger partial charge in [0.2, 0.25) is 0 Å². The van der Waals surface area contributed by atoms with E-state index >= 15 is 0 Å². The van der Waals surface area contributed by atoms with Gasteiger partial charge in [0, 0.05) is 30.3 Å². The highest BCUT2D eigenvalue weighted by Gasteiger charge is 2.23. The largest absolute Gasteiger partial charge is 0.373 e. The summed E-state index contributed by atoms with van der Waals surface area (Å²) in [6.45, 7) is 1.75. The summed E-state index contributed by atoms with van der Waals surface area (Å²) >= 11 is 1.70. The molecule has 0 spiro atoms. The summed E-state index contributed by atoms with van der Waals surface area (Å²) in [7, 11) is 0. The van der Waals surface area contributed by atoms with E-state index in [1.54, 1.807) is 11.3 Å².